The minimum absolute atomic E-state index is 0.319. The summed E-state index contributed by atoms with van der Waals surface area (Å²) in [4.78, 5) is 24.8. The number of nitriles is 1. The molecule has 0 aromatic carbocycles. The quantitative estimate of drug-likeness (QED) is 0.755. The lowest BCUT2D eigenvalue weighted by atomic mass is 10.1. The number of nitrogens with one attached hydrogen (secondary N) is 1. The van der Waals surface area contributed by atoms with Crippen LogP contribution in [-0.2, 0) is 6.54 Å². The zero-order valence-corrected chi connectivity index (χ0v) is 10.0. The maximum absolute atomic E-state index is 11.4. The summed E-state index contributed by atoms with van der Waals surface area (Å²) in [6, 6.07) is 2.10. The molecule has 0 spiro atoms. The van der Waals surface area contributed by atoms with Gasteiger partial charge in [0, 0.05) is 24.7 Å². The molecule has 0 fully saturated rings. The number of aromatic nitrogens is 2. The first kappa shape index (κ1) is 13.2. The number of unbranched alkanes of at least 4 members (excludes halogenated alkanes) is 4. The van der Waals surface area contributed by atoms with Gasteiger partial charge in [0.2, 0.25) is 0 Å². The molecule has 1 aromatic heterocycles. The molecule has 0 aliphatic carbocycles. The van der Waals surface area contributed by atoms with Crippen molar-refractivity contribution >= 4 is 0 Å². The summed E-state index contributed by atoms with van der Waals surface area (Å²) in [5.41, 5.74) is -0.119. The minimum Gasteiger partial charge on any atom is -0.300 e. The van der Waals surface area contributed by atoms with Crippen molar-refractivity contribution < 1.29 is 0 Å². The number of aromatic amines is 1. The van der Waals surface area contributed by atoms with Crippen molar-refractivity contribution in [3.63, 3.8) is 0 Å². The Labute approximate surface area is 99.7 Å². The molecule has 5 heteroatoms. The molecule has 0 saturated heterocycles. The number of hydrogen-bond acceptors (Lipinski definition) is 3. The third kappa shape index (κ3) is 4.27. The van der Waals surface area contributed by atoms with E-state index in [1.165, 1.54) is 4.57 Å². The summed E-state index contributed by atoms with van der Waals surface area (Å²) in [7, 11) is 0. The lowest BCUT2D eigenvalue weighted by Crippen LogP contribution is -2.30. The van der Waals surface area contributed by atoms with Crippen molar-refractivity contribution in [2.45, 2.75) is 45.6 Å². The molecular weight excluding hydrogens is 218 g/mol. The molecule has 0 bridgehead atoms. The van der Waals surface area contributed by atoms with Gasteiger partial charge in [-0.2, -0.15) is 5.26 Å². The van der Waals surface area contributed by atoms with Gasteiger partial charge in [-0.1, -0.05) is 12.8 Å². The minimum atomic E-state index is -0.349. The van der Waals surface area contributed by atoms with Gasteiger partial charge in [0.25, 0.3) is 5.56 Å². The van der Waals surface area contributed by atoms with Crippen LogP contribution in [0.4, 0.5) is 0 Å². The van der Waals surface area contributed by atoms with Crippen LogP contribution in [0.5, 0.6) is 0 Å². The number of rotatable bonds is 6. The highest BCUT2D eigenvalue weighted by Crippen LogP contribution is 2.03. The molecule has 17 heavy (non-hydrogen) atoms. The first-order chi connectivity index (χ1) is 8.15. The highest BCUT2D eigenvalue weighted by atomic mass is 16.2. The molecule has 0 aliphatic rings. The maximum Gasteiger partial charge on any atom is 0.328 e. The number of H-pyrrole nitrogens is 1. The van der Waals surface area contributed by atoms with Crippen LogP contribution < -0.4 is 11.2 Å². The van der Waals surface area contributed by atoms with Crippen LogP contribution in [0.1, 0.15) is 37.7 Å². The van der Waals surface area contributed by atoms with Gasteiger partial charge in [0.1, 0.15) is 0 Å². The first-order valence-corrected chi connectivity index (χ1v) is 5.82. The Morgan fingerprint density at radius 1 is 1.29 bits per heavy atom. The Bertz CT molecular complexity index is 508. The number of nitrogens with zero attached hydrogens (tertiary/aromatic N) is 2. The molecular formula is C12H17N3O2. The molecule has 92 valence electrons. The Balaban J connectivity index is 2.43. The summed E-state index contributed by atoms with van der Waals surface area (Å²) in [6.07, 6.45) is 5.98. The summed E-state index contributed by atoms with van der Waals surface area (Å²) >= 11 is 0. The lowest BCUT2D eigenvalue weighted by molar-refractivity contribution is 0.553. The van der Waals surface area contributed by atoms with Crippen molar-refractivity contribution in [3.05, 3.63) is 32.6 Å². The van der Waals surface area contributed by atoms with Crippen molar-refractivity contribution in [1.29, 1.82) is 5.26 Å². The van der Waals surface area contributed by atoms with E-state index in [-0.39, 0.29) is 11.2 Å². The van der Waals surface area contributed by atoms with Gasteiger partial charge in [0.15, 0.2) is 0 Å². The molecule has 1 heterocycles. The van der Waals surface area contributed by atoms with E-state index in [0.717, 1.165) is 25.7 Å². The highest BCUT2D eigenvalue weighted by Gasteiger charge is 2.00. The highest BCUT2D eigenvalue weighted by molar-refractivity contribution is 5.00. The number of aryl methyl sites for hydroxylation is 2. The van der Waals surface area contributed by atoms with E-state index in [1.807, 2.05) is 0 Å². The molecule has 0 saturated carbocycles. The van der Waals surface area contributed by atoms with Crippen molar-refractivity contribution in [2.75, 3.05) is 0 Å². The van der Waals surface area contributed by atoms with Gasteiger partial charge in [-0.05, 0) is 19.8 Å². The molecule has 0 amide bonds. The Kier molecular flexibility index (Phi) is 5.21. The largest absolute Gasteiger partial charge is 0.328 e. The van der Waals surface area contributed by atoms with E-state index in [1.54, 1.807) is 13.1 Å². The molecule has 1 aromatic rings. The van der Waals surface area contributed by atoms with E-state index in [4.69, 9.17) is 5.26 Å². The Morgan fingerprint density at radius 3 is 2.71 bits per heavy atom. The second-order valence-corrected chi connectivity index (χ2v) is 4.09. The van der Waals surface area contributed by atoms with E-state index in [0.29, 0.717) is 18.5 Å². The standard InChI is InChI=1S/C12H17N3O2/c1-10-9-15(12(17)14-11(10)16)8-6-4-2-3-5-7-13/h9H,2-6,8H2,1H3,(H,14,16,17). The van der Waals surface area contributed by atoms with Gasteiger partial charge in [-0.15, -0.1) is 0 Å². The van der Waals surface area contributed by atoms with Crippen LogP contribution in [0.3, 0.4) is 0 Å². The molecule has 0 atom stereocenters. The average Bonchev–Trinajstić information content (AvgIpc) is 2.30. The Morgan fingerprint density at radius 2 is 2.00 bits per heavy atom. The van der Waals surface area contributed by atoms with Gasteiger partial charge in [-0.3, -0.25) is 9.78 Å². The third-order valence-corrected chi connectivity index (χ3v) is 2.63. The zero-order chi connectivity index (χ0) is 12.7. The zero-order valence-electron chi connectivity index (χ0n) is 10.0. The topological polar surface area (TPSA) is 78.7 Å². The molecule has 1 rings (SSSR count). The number of hydrogen-bond donors (Lipinski definition) is 1. The molecule has 5 nitrogen and oxygen atoms in total. The first-order valence-electron chi connectivity index (χ1n) is 5.82. The van der Waals surface area contributed by atoms with E-state index in [2.05, 4.69) is 11.1 Å². The van der Waals surface area contributed by atoms with Crippen molar-refractivity contribution in [1.82, 2.24) is 9.55 Å². The molecule has 0 aliphatic heterocycles. The monoisotopic (exact) mass is 235 g/mol. The van der Waals surface area contributed by atoms with Crippen LogP contribution in [0.25, 0.3) is 0 Å². The van der Waals surface area contributed by atoms with Crippen LogP contribution in [0.15, 0.2) is 15.8 Å². The van der Waals surface area contributed by atoms with Gasteiger partial charge in [-0.25, -0.2) is 4.79 Å². The molecule has 0 radical (unpaired) electrons. The predicted molar refractivity (Wildman–Crippen MR) is 64.8 cm³/mol. The summed E-state index contributed by atoms with van der Waals surface area (Å²) in [6.45, 7) is 2.30. The van der Waals surface area contributed by atoms with Gasteiger partial charge >= 0.3 is 5.69 Å². The second-order valence-electron chi connectivity index (χ2n) is 4.09. The van der Waals surface area contributed by atoms with Crippen LogP contribution in [-0.4, -0.2) is 9.55 Å². The lowest BCUT2D eigenvalue weighted by Gasteiger charge is -2.05. The third-order valence-electron chi connectivity index (χ3n) is 2.63. The maximum atomic E-state index is 11.4. The molecule has 0 unspecified atom stereocenters. The normalized spacial score (nSPS) is 10.1. The fraction of sp³-hybridized carbons (Fsp3) is 0.583. The van der Waals surface area contributed by atoms with Crippen molar-refractivity contribution in [3.8, 4) is 6.07 Å². The fourth-order valence-electron chi connectivity index (χ4n) is 1.62. The van der Waals surface area contributed by atoms with Crippen LogP contribution >= 0.6 is 0 Å². The van der Waals surface area contributed by atoms with E-state index >= 15 is 0 Å². The van der Waals surface area contributed by atoms with Gasteiger partial charge < -0.3 is 4.57 Å². The average molecular weight is 235 g/mol. The predicted octanol–water partition coefficient (Wildman–Crippen LogP) is 1.32. The summed E-state index contributed by atoms with van der Waals surface area (Å²) < 4.78 is 1.53. The van der Waals surface area contributed by atoms with Crippen LogP contribution in [0.2, 0.25) is 0 Å². The van der Waals surface area contributed by atoms with E-state index < -0.39 is 0 Å². The fourth-order valence-corrected chi connectivity index (χ4v) is 1.62. The van der Waals surface area contributed by atoms with Gasteiger partial charge in [0.05, 0.1) is 6.07 Å². The Hall–Kier alpha value is -1.83. The second kappa shape index (κ2) is 6.69. The summed E-state index contributed by atoms with van der Waals surface area (Å²) in [5, 5.41) is 8.36. The van der Waals surface area contributed by atoms with Crippen LogP contribution in [0, 0.1) is 18.3 Å². The SMILES string of the molecule is Cc1cn(CCCCCCC#N)c(=O)[nH]c1=O. The molecule has 1 N–H and O–H groups in total. The summed E-state index contributed by atoms with van der Waals surface area (Å²) in [5.74, 6) is 0. The smallest absolute Gasteiger partial charge is 0.300 e. The van der Waals surface area contributed by atoms with Crippen molar-refractivity contribution in [2.24, 2.45) is 0 Å². The van der Waals surface area contributed by atoms with E-state index in [9.17, 15) is 9.59 Å².